The summed E-state index contributed by atoms with van der Waals surface area (Å²) in [6.45, 7) is 6.95. The average Bonchev–Trinajstić information content (AvgIpc) is 2.86. The summed E-state index contributed by atoms with van der Waals surface area (Å²) >= 11 is 0. The fraction of sp³-hybridized carbons (Fsp3) is 0.500. The largest absolute Gasteiger partial charge is 0.349 e. The minimum Gasteiger partial charge on any atom is -0.349 e. The first-order valence-corrected chi connectivity index (χ1v) is 8.09. The molecule has 0 atom stereocenters. The summed E-state index contributed by atoms with van der Waals surface area (Å²) in [5, 5.41) is 9.98. The van der Waals surface area contributed by atoms with Crippen molar-refractivity contribution in [1.29, 1.82) is 0 Å². The highest BCUT2D eigenvalue weighted by atomic mass is 16.1. The summed E-state index contributed by atoms with van der Waals surface area (Å²) < 4.78 is 0. The Morgan fingerprint density at radius 3 is 2.58 bits per heavy atom. The van der Waals surface area contributed by atoms with Crippen molar-refractivity contribution in [2.75, 3.05) is 18.0 Å². The number of nitrogens with zero attached hydrogens (tertiary/aromatic N) is 3. The molecule has 1 aliphatic heterocycles. The first-order chi connectivity index (χ1) is 11.4. The van der Waals surface area contributed by atoms with Gasteiger partial charge in [-0.15, -0.1) is 0 Å². The van der Waals surface area contributed by atoms with Gasteiger partial charge in [0.2, 0.25) is 5.95 Å². The summed E-state index contributed by atoms with van der Waals surface area (Å²) in [4.78, 5) is 33.2. The van der Waals surface area contributed by atoms with Crippen molar-refractivity contribution >= 4 is 11.9 Å². The minimum absolute atomic E-state index is 0.0840. The molecule has 3 rings (SSSR count). The predicted molar refractivity (Wildman–Crippen MR) is 90.4 cm³/mol. The fourth-order valence-electron chi connectivity index (χ4n) is 3.09. The van der Waals surface area contributed by atoms with Crippen molar-refractivity contribution in [2.45, 2.75) is 39.7 Å². The van der Waals surface area contributed by atoms with Crippen molar-refractivity contribution < 1.29 is 4.79 Å². The number of anilines is 1. The van der Waals surface area contributed by atoms with Crippen LogP contribution in [-0.2, 0) is 0 Å². The molecule has 128 valence electrons. The molecule has 0 spiro atoms. The van der Waals surface area contributed by atoms with Crippen LogP contribution in [0.3, 0.4) is 0 Å². The molecule has 1 fully saturated rings. The number of aryl methyl sites for hydroxylation is 3. The van der Waals surface area contributed by atoms with Gasteiger partial charge in [-0.1, -0.05) is 0 Å². The Kier molecular flexibility index (Phi) is 4.37. The molecular weight excluding hydrogens is 308 g/mol. The number of amides is 1. The van der Waals surface area contributed by atoms with Crippen LogP contribution in [0.5, 0.6) is 0 Å². The molecular formula is C16H22N6O2. The number of piperidine rings is 1. The number of carbonyl (C=O) groups excluding carboxylic acids is 1. The molecule has 0 saturated carbocycles. The Morgan fingerprint density at radius 2 is 2.00 bits per heavy atom. The number of aromatic nitrogens is 4. The maximum atomic E-state index is 12.4. The van der Waals surface area contributed by atoms with E-state index in [9.17, 15) is 9.59 Å². The Balaban J connectivity index is 1.61. The predicted octanol–water partition coefficient (Wildman–Crippen LogP) is 0.817. The van der Waals surface area contributed by atoms with Gasteiger partial charge >= 0.3 is 0 Å². The van der Waals surface area contributed by atoms with Gasteiger partial charge in [-0.2, -0.15) is 5.10 Å². The van der Waals surface area contributed by atoms with Crippen LogP contribution >= 0.6 is 0 Å². The molecule has 1 saturated heterocycles. The van der Waals surface area contributed by atoms with E-state index in [1.807, 2.05) is 18.7 Å². The lowest BCUT2D eigenvalue weighted by molar-refractivity contribution is 0.0930. The van der Waals surface area contributed by atoms with Gasteiger partial charge in [-0.25, -0.2) is 4.98 Å². The molecule has 1 amide bonds. The van der Waals surface area contributed by atoms with Gasteiger partial charge < -0.3 is 10.2 Å². The zero-order valence-electron chi connectivity index (χ0n) is 14.1. The number of nitrogens with one attached hydrogen (secondary N) is 3. The number of hydrogen-bond acceptors (Lipinski definition) is 5. The first-order valence-electron chi connectivity index (χ1n) is 8.09. The molecule has 0 aliphatic carbocycles. The Hall–Kier alpha value is -2.64. The molecule has 0 radical (unpaired) electrons. The van der Waals surface area contributed by atoms with Crippen LogP contribution in [0.2, 0.25) is 0 Å². The van der Waals surface area contributed by atoms with E-state index in [-0.39, 0.29) is 17.5 Å². The van der Waals surface area contributed by atoms with Crippen molar-refractivity contribution in [3.63, 3.8) is 0 Å². The van der Waals surface area contributed by atoms with E-state index < -0.39 is 0 Å². The highest BCUT2D eigenvalue weighted by Gasteiger charge is 2.24. The van der Waals surface area contributed by atoms with Gasteiger partial charge in [-0.3, -0.25) is 19.7 Å². The van der Waals surface area contributed by atoms with Gasteiger partial charge in [0.05, 0.1) is 11.3 Å². The van der Waals surface area contributed by atoms with Gasteiger partial charge in [0, 0.05) is 36.6 Å². The van der Waals surface area contributed by atoms with Crippen molar-refractivity contribution in [1.82, 2.24) is 25.5 Å². The maximum Gasteiger partial charge on any atom is 0.255 e. The lowest BCUT2D eigenvalue weighted by Gasteiger charge is -2.32. The molecule has 3 N–H and O–H groups in total. The number of aromatic amines is 2. The van der Waals surface area contributed by atoms with E-state index in [4.69, 9.17) is 0 Å². The molecule has 2 aromatic rings. The van der Waals surface area contributed by atoms with E-state index in [0.717, 1.165) is 31.6 Å². The zero-order chi connectivity index (χ0) is 17.3. The summed E-state index contributed by atoms with van der Waals surface area (Å²) in [5.74, 6) is 0.519. The highest BCUT2D eigenvalue weighted by Crippen LogP contribution is 2.17. The summed E-state index contributed by atoms with van der Waals surface area (Å²) in [6, 6.07) is 1.59. The molecule has 1 aliphatic rings. The van der Waals surface area contributed by atoms with E-state index in [1.165, 1.54) is 6.07 Å². The number of rotatable bonds is 3. The lowest BCUT2D eigenvalue weighted by Crippen LogP contribution is -2.45. The van der Waals surface area contributed by atoms with Crippen molar-refractivity contribution in [3.05, 3.63) is 39.1 Å². The summed E-state index contributed by atoms with van der Waals surface area (Å²) in [7, 11) is 0. The van der Waals surface area contributed by atoms with Crippen LogP contribution in [0.25, 0.3) is 0 Å². The van der Waals surface area contributed by atoms with Crippen LogP contribution in [0.1, 0.15) is 40.3 Å². The maximum absolute atomic E-state index is 12.4. The monoisotopic (exact) mass is 330 g/mol. The molecule has 0 aromatic carbocycles. The second kappa shape index (κ2) is 6.46. The van der Waals surface area contributed by atoms with Crippen LogP contribution in [0, 0.1) is 20.8 Å². The standard InChI is InChI=1S/C16H22N6O2/c1-9-8-13(23)19-16(17-9)22-6-4-12(5-7-22)18-15(24)14-10(2)20-21-11(14)3/h8,12H,4-7H2,1-3H3,(H,18,24)(H,20,21)(H,17,19,23). The number of carbonyl (C=O) groups is 1. The third-order valence-electron chi connectivity index (χ3n) is 4.34. The van der Waals surface area contributed by atoms with Crippen LogP contribution in [-0.4, -0.2) is 45.2 Å². The molecule has 8 heteroatoms. The Labute approximate surface area is 139 Å². The lowest BCUT2D eigenvalue weighted by atomic mass is 10.0. The van der Waals surface area contributed by atoms with E-state index >= 15 is 0 Å². The third kappa shape index (κ3) is 3.32. The van der Waals surface area contributed by atoms with Gasteiger partial charge in [0.15, 0.2) is 0 Å². The Bertz CT molecular complexity index is 782. The van der Waals surface area contributed by atoms with Crippen molar-refractivity contribution in [2.24, 2.45) is 0 Å². The second-order valence-electron chi connectivity index (χ2n) is 6.25. The van der Waals surface area contributed by atoms with Crippen LogP contribution < -0.4 is 15.8 Å². The number of H-pyrrole nitrogens is 2. The first kappa shape index (κ1) is 16.2. The molecule has 0 unspecified atom stereocenters. The van der Waals surface area contributed by atoms with E-state index in [1.54, 1.807) is 6.92 Å². The molecule has 3 heterocycles. The van der Waals surface area contributed by atoms with Gasteiger partial charge in [-0.05, 0) is 33.6 Å². The minimum atomic E-state index is -0.140. The van der Waals surface area contributed by atoms with E-state index in [2.05, 4.69) is 25.5 Å². The Morgan fingerprint density at radius 1 is 1.29 bits per heavy atom. The fourth-order valence-corrected chi connectivity index (χ4v) is 3.09. The number of hydrogen-bond donors (Lipinski definition) is 3. The van der Waals surface area contributed by atoms with E-state index in [0.29, 0.717) is 22.9 Å². The topological polar surface area (TPSA) is 107 Å². The molecule has 24 heavy (non-hydrogen) atoms. The summed E-state index contributed by atoms with van der Waals surface area (Å²) in [5.41, 5.74) is 2.68. The smallest absolute Gasteiger partial charge is 0.255 e. The zero-order valence-corrected chi connectivity index (χ0v) is 14.1. The quantitative estimate of drug-likeness (QED) is 0.772. The summed E-state index contributed by atoms with van der Waals surface area (Å²) in [6.07, 6.45) is 1.61. The van der Waals surface area contributed by atoms with Crippen LogP contribution in [0.15, 0.2) is 10.9 Å². The average molecular weight is 330 g/mol. The van der Waals surface area contributed by atoms with Gasteiger partial charge in [0.25, 0.3) is 11.5 Å². The normalized spacial score (nSPS) is 15.5. The van der Waals surface area contributed by atoms with Crippen LogP contribution in [0.4, 0.5) is 5.95 Å². The second-order valence-corrected chi connectivity index (χ2v) is 6.25. The molecule has 2 aromatic heterocycles. The SMILES string of the molecule is Cc1cc(=O)[nH]c(N2CCC(NC(=O)c3c(C)n[nH]c3C)CC2)n1. The molecule has 8 nitrogen and oxygen atoms in total. The molecule has 0 bridgehead atoms. The third-order valence-corrected chi connectivity index (χ3v) is 4.34. The highest BCUT2D eigenvalue weighted by molar-refractivity contribution is 5.96. The van der Waals surface area contributed by atoms with Gasteiger partial charge in [0.1, 0.15) is 0 Å². The van der Waals surface area contributed by atoms with Crippen molar-refractivity contribution in [3.8, 4) is 0 Å².